The number of amides is 1. The van der Waals surface area contributed by atoms with Crippen molar-refractivity contribution in [3.63, 3.8) is 0 Å². The topological polar surface area (TPSA) is 71.3 Å². The second kappa shape index (κ2) is 9.55. The number of carbonyl (C=O) groups is 1. The third-order valence-electron chi connectivity index (χ3n) is 3.33. The summed E-state index contributed by atoms with van der Waals surface area (Å²) < 4.78 is 11.2. The van der Waals surface area contributed by atoms with Crippen LogP contribution in [0.15, 0.2) is 42.5 Å². The van der Waals surface area contributed by atoms with Crippen LogP contribution in [0.5, 0.6) is 11.5 Å². The van der Waals surface area contributed by atoms with Crippen molar-refractivity contribution in [1.29, 1.82) is 5.26 Å². The van der Waals surface area contributed by atoms with Gasteiger partial charge >= 0.3 is 0 Å². The second-order valence-electron chi connectivity index (χ2n) is 5.19. The first-order valence-electron chi connectivity index (χ1n) is 7.98. The van der Waals surface area contributed by atoms with E-state index in [4.69, 9.17) is 26.3 Å². The van der Waals surface area contributed by atoms with Crippen LogP contribution in [-0.2, 0) is 4.79 Å². The number of nitrogens with zero attached hydrogens (tertiary/aromatic N) is 1. The summed E-state index contributed by atoms with van der Waals surface area (Å²) in [5.74, 6) is 1.22. The number of hydrogen-bond donors (Lipinski definition) is 1. The number of nitrogens with one attached hydrogen (secondary N) is 1. The molecule has 0 atom stereocenters. The summed E-state index contributed by atoms with van der Waals surface area (Å²) in [6.45, 7) is 2.88. The Hall–Kier alpha value is -2.71. The fourth-order valence-corrected chi connectivity index (χ4v) is 2.33. The summed E-state index contributed by atoms with van der Waals surface area (Å²) in [6.07, 6.45) is 0.867. The van der Waals surface area contributed by atoms with Gasteiger partial charge in [-0.3, -0.25) is 4.79 Å². The van der Waals surface area contributed by atoms with Crippen molar-refractivity contribution < 1.29 is 14.3 Å². The maximum Gasteiger partial charge on any atom is 0.224 e. The highest BCUT2D eigenvalue weighted by Gasteiger charge is 2.07. The Morgan fingerprint density at radius 1 is 1.20 bits per heavy atom. The molecule has 25 heavy (non-hydrogen) atoms. The zero-order chi connectivity index (χ0) is 18.1. The summed E-state index contributed by atoms with van der Waals surface area (Å²) in [7, 11) is 0. The molecule has 0 saturated heterocycles. The standard InChI is InChI=1S/C19H19ClN2O3/c1-2-24-17-6-3-4-7-18(17)25-11-5-8-19(23)22-15-9-10-16(20)14(12-15)13-21/h3-4,6-7,9-10,12H,2,5,8,11H2,1H3,(H,22,23). The van der Waals surface area contributed by atoms with Gasteiger partial charge in [0.25, 0.3) is 0 Å². The summed E-state index contributed by atoms with van der Waals surface area (Å²) >= 11 is 5.87. The van der Waals surface area contributed by atoms with Crippen LogP contribution in [-0.4, -0.2) is 19.1 Å². The van der Waals surface area contributed by atoms with E-state index in [0.717, 1.165) is 0 Å². The van der Waals surface area contributed by atoms with Crippen LogP contribution >= 0.6 is 11.6 Å². The zero-order valence-electron chi connectivity index (χ0n) is 13.9. The third kappa shape index (κ3) is 5.70. The lowest BCUT2D eigenvalue weighted by molar-refractivity contribution is -0.116. The Labute approximate surface area is 152 Å². The predicted octanol–water partition coefficient (Wildman–Crippen LogP) is 4.41. The van der Waals surface area contributed by atoms with Crippen molar-refractivity contribution in [2.24, 2.45) is 0 Å². The highest BCUT2D eigenvalue weighted by molar-refractivity contribution is 6.31. The summed E-state index contributed by atoms with van der Waals surface area (Å²) in [5.41, 5.74) is 0.879. The fraction of sp³-hybridized carbons (Fsp3) is 0.263. The molecule has 0 saturated carbocycles. The monoisotopic (exact) mass is 358 g/mol. The molecule has 0 aromatic heterocycles. The van der Waals surface area contributed by atoms with E-state index in [0.29, 0.717) is 53.8 Å². The van der Waals surface area contributed by atoms with Gasteiger partial charge in [0.1, 0.15) is 6.07 Å². The fourth-order valence-electron chi connectivity index (χ4n) is 2.17. The van der Waals surface area contributed by atoms with Crippen LogP contribution in [0.1, 0.15) is 25.3 Å². The Morgan fingerprint density at radius 3 is 2.60 bits per heavy atom. The Bertz CT molecular complexity index is 772. The highest BCUT2D eigenvalue weighted by Crippen LogP contribution is 2.26. The number of rotatable bonds is 8. The molecule has 130 valence electrons. The minimum absolute atomic E-state index is 0.145. The first kappa shape index (κ1) is 18.6. The van der Waals surface area contributed by atoms with Gasteiger partial charge in [-0.1, -0.05) is 23.7 Å². The normalized spacial score (nSPS) is 9.96. The highest BCUT2D eigenvalue weighted by atomic mass is 35.5. The smallest absolute Gasteiger partial charge is 0.224 e. The van der Waals surface area contributed by atoms with Crippen molar-refractivity contribution in [2.45, 2.75) is 19.8 Å². The molecule has 0 aliphatic rings. The van der Waals surface area contributed by atoms with Crippen molar-refractivity contribution in [3.05, 3.63) is 53.1 Å². The number of nitriles is 1. The molecule has 0 aliphatic heterocycles. The largest absolute Gasteiger partial charge is 0.490 e. The summed E-state index contributed by atoms with van der Waals surface area (Å²) in [4.78, 5) is 12.0. The predicted molar refractivity (Wildman–Crippen MR) is 97.1 cm³/mol. The van der Waals surface area contributed by atoms with Gasteiger partial charge in [-0.05, 0) is 43.7 Å². The van der Waals surface area contributed by atoms with Crippen LogP contribution in [0.3, 0.4) is 0 Å². The van der Waals surface area contributed by atoms with Crippen LogP contribution < -0.4 is 14.8 Å². The first-order chi connectivity index (χ1) is 12.1. The van der Waals surface area contributed by atoms with E-state index in [9.17, 15) is 4.79 Å². The number of halogens is 1. The molecule has 5 nitrogen and oxygen atoms in total. The molecule has 0 heterocycles. The molecule has 0 unspecified atom stereocenters. The van der Waals surface area contributed by atoms with Gasteiger partial charge in [-0.25, -0.2) is 0 Å². The molecule has 0 spiro atoms. The third-order valence-corrected chi connectivity index (χ3v) is 3.65. The van der Waals surface area contributed by atoms with E-state index in [-0.39, 0.29) is 5.91 Å². The van der Waals surface area contributed by atoms with E-state index >= 15 is 0 Å². The molecule has 0 fully saturated rings. The average Bonchev–Trinajstić information content (AvgIpc) is 2.62. The zero-order valence-corrected chi connectivity index (χ0v) is 14.7. The molecule has 0 aliphatic carbocycles. The minimum Gasteiger partial charge on any atom is -0.490 e. The number of para-hydroxylation sites is 2. The Kier molecular flexibility index (Phi) is 7.12. The number of carbonyl (C=O) groups excluding carboxylic acids is 1. The van der Waals surface area contributed by atoms with Gasteiger partial charge in [0.2, 0.25) is 5.91 Å². The van der Waals surface area contributed by atoms with Gasteiger partial charge in [0, 0.05) is 12.1 Å². The molecular weight excluding hydrogens is 340 g/mol. The molecule has 6 heteroatoms. The van der Waals surface area contributed by atoms with Gasteiger partial charge in [0.15, 0.2) is 11.5 Å². The quantitative estimate of drug-likeness (QED) is 0.709. The van der Waals surface area contributed by atoms with Gasteiger partial charge in [0.05, 0.1) is 23.8 Å². The van der Waals surface area contributed by atoms with Crippen molar-refractivity contribution in [3.8, 4) is 17.6 Å². The number of hydrogen-bond acceptors (Lipinski definition) is 4. The average molecular weight is 359 g/mol. The van der Waals surface area contributed by atoms with Gasteiger partial charge < -0.3 is 14.8 Å². The number of ether oxygens (including phenoxy) is 2. The van der Waals surface area contributed by atoms with Crippen molar-refractivity contribution in [2.75, 3.05) is 18.5 Å². The van der Waals surface area contributed by atoms with Crippen LogP contribution in [0, 0.1) is 11.3 Å². The first-order valence-corrected chi connectivity index (χ1v) is 8.36. The Balaban J connectivity index is 1.79. The molecule has 1 amide bonds. The van der Waals surface area contributed by atoms with Crippen LogP contribution in [0.2, 0.25) is 5.02 Å². The lowest BCUT2D eigenvalue weighted by atomic mass is 10.2. The van der Waals surface area contributed by atoms with Crippen molar-refractivity contribution >= 4 is 23.2 Å². The second-order valence-corrected chi connectivity index (χ2v) is 5.59. The van der Waals surface area contributed by atoms with E-state index in [1.54, 1.807) is 18.2 Å². The molecule has 2 aromatic rings. The molecule has 0 bridgehead atoms. The van der Waals surface area contributed by atoms with E-state index < -0.39 is 0 Å². The minimum atomic E-state index is -0.145. The van der Waals surface area contributed by atoms with Gasteiger partial charge in [-0.2, -0.15) is 5.26 Å². The molecule has 2 rings (SSSR count). The lowest BCUT2D eigenvalue weighted by Crippen LogP contribution is -2.13. The SMILES string of the molecule is CCOc1ccccc1OCCCC(=O)Nc1ccc(Cl)c(C#N)c1. The summed E-state index contributed by atoms with van der Waals surface area (Å²) in [5, 5.41) is 12.1. The maximum atomic E-state index is 12.0. The molecule has 0 radical (unpaired) electrons. The van der Waals surface area contributed by atoms with Crippen LogP contribution in [0.4, 0.5) is 5.69 Å². The van der Waals surface area contributed by atoms with E-state index in [1.807, 2.05) is 37.3 Å². The van der Waals surface area contributed by atoms with E-state index in [1.165, 1.54) is 0 Å². The number of anilines is 1. The maximum absolute atomic E-state index is 12.0. The van der Waals surface area contributed by atoms with Crippen LogP contribution in [0.25, 0.3) is 0 Å². The molecular formula is C19H19ClN2O3. The van der Waals surface area contributed by atoms with Gasteiger partial charge in [-0.15, -0.1) is 0 Å². The molecule has 1 N–H and O–H groups in total. The lowest BCUT2D eigenvalue weighted by Gasteiger charge is -2.11. The summed E-state index contributed by atoms with van der Waals surface area (Å²) in [6, 6.07) is 14.2. The van der Waals surface area contributed by atoms with E-state index in [2.05, 4.69) is 5.32 Å². The number of benzene rings is 2. The van der Waals surface area contributed by atoms with Crippen molar-refractivity contribution in [1.82, 2.24) is 0 Å². The Morgan fingerprint density at radius 2 is 1.92 bits per heavy atom. The molecule has 2 aromatic carbocycles.